The number of hydrogen-bond acceptors (Lipinski definition) is 5. The van der Waals surface area contributed by atoms with E-state index < -0.39 is 0 Å². The van der Waals surface area contributed by atoms with Gasteiger partial charge in [-0.15, -0.1) is 5.48 Å². The second-order valence-electron chi connectivity index (χ2n) is 6.18. The maximum Gasteiger partial charge on any atom is 0.359 e. The molecular weight excluding hydrogens is 280 g/mol. The predicted octanol–water partition coefficient (Wildman–Crippen LogP) is 2.88. The first kappa shape index (κ1) is 13.6. The molecule has 3 aliphatic rings. The van der Waals surface area contributed by atoms with Crippen molar-refractivity contribution in [1.29, 1.82) is 0 Å². The fraction of sp³-hybridized carbons (Fsp3) is 0.471. The van der Waals surface area contributed by atoms with Crippen LogP contribution < -0.4 is 15.1 Å². The Hall–Kier alpha value is -2.01. The van der Waals surface area contributed by atoms with E-state index in [0.29, 0.717) is 17.5 Å². The van der Waals surface area contributed by atoms with Crippen molar-refractivity contribution >= 4 is 11.7 Å². The summed E-state index contributed by atoms with van der Waals surface area (Å²) < 4.78 is 6.06. The smallest absolute Gasteiger partial charge is 0.359 e. The minimum atomic E-state index is -0.337. The third-order valence-corrected chi connectivity index (χ3v) is 4.70. The monoisotopic (exact) mass is 300 g/mol. The number of rotatable bonds is 1. The Morgan fingerprint density at radius 1 is 1.18 bits per heavy atom. The third kappa shape index (κ3) is 2.08. The molecule has 2 aliphatic heterocycles. The first-order chi connectivity index (χ1) is 10.8. The molecule has 1 saturated carbocycles. The SMILES string of the molecule is CC1NOC(=O)/C1=C1/Oc2ccccc2N1C1CCCCC1. The lowest BCUT2D eigenvalue weighted by atomic mass is 9.93. The van der Waals surface area contributed by atoms with Crippen molar-refractivity contribution in [1.82, 2.24) is 5.48 Å². The van der Waals surface area contributed by atoms with Crippen LogP contribution in [0.4, 0.5) is 5.69 Å². The summed E-state index contributed by atoms with van der Waals surface area (Å²) in [6.07, 6.45) is 6.00. The van der Waals surface area contributed by atoms with E-state index in [-0.39, 0.29) is 12.0 Å². The average Bonchev–Trinajstić information content (AvgIpc) is 3.08. The van der Waals surface area contributed by atoms with Gasteiger partial charge in [0.25, 0.3) is 0 Å². The van der Waals surface area contributed by atoms with Gasteiger partial charge >= 0.3 is 5.97 Å². The quantitative estimate of drug-likeness (QED) is 0.808. The number of fused-ring (bicyclic) bond motifs is 1. The molecule has 1 aromatic rings. The molecular formula is C17H20N2O3. The van der Waals surface area contributed by atoms with Crippen LogP contribution in [0, 0.1) is 0 Å². The summed E-state index contributed by atoms with van der Waals surface area (Å²) in [5, 5.41) is 0. The highest BCUT2D eigenvalue weighted by Gasteiger charge is 2.41. The Kier molecular flexibility index (Phi) is 3.30. The van der Waals surface area contributed by atoms with Crippen molar-refractivity contribution in [3.05, 3.63) is 35.7 Å². The first-order valence-electron chi connectivity index (χ1n) is 8.02. The maximum atomic E-state index is 12.1. The van der Waals surface area contributed by atoms with Crippen molar-refractivity contribution in [3.63, 3.8) is 0 Å². The van der Waals surface area contributed by atoms with E-state index >= 15 is 0 Å². The highest BCUT2D eigenvalue weighted by Crippen LogP contribution is 2.44. The van der Waals surface area contributed by atoms with Crippen LogP contribution in [-0.4, -0.2) is 18.1 Å². The van der Waals surface area contributed by atoms with Gasteiger partial charge in [-0.25, -0.2) is 4.79 Å². The fourth-order valence-electron chi connectivity index (χ4n) is 3.60. The maximum absolute atomic E-state index is 12.1. The summed E-state index contributed by atoms with van der Waals surface area (Å²) in [5.74, 6) is 1.13. The lowest BCUT2D eigenvalue weighted by molar-refractivity contribution is -0.140. The molecule has 1 aromatic carbocycles. The summed E-state index contributed by atoms with van der Waals surface area (Å²) in [7, 11) is 0. The van der Waals surface area contributed by atoms with E-state index in [0.717, 1.165) is 24.3 Å². The van der Waals surface area contributed by atoms with Crippen LogP contribution in [0.2, 0.25) is 0 Å². The Labute approximate surface area is 129 Å². The number of nitrogens with one attached hydrogen (secondary N) is 1. The summed E-state index contributed by atoms with van der Waals surface area (Å²) in [6.45, 7) is 1.92. The van der Waals surface area contributed by atoms with E-state index in [1.165, 1.54) is 19.3 Å². The average molecular weight is 300 g/mol. The molecule has 4 rings (SSSR count). The van der Waals surface area contributed by atoms with Gasteiger partial charge in [-0.05, 0) is 31.9 Å². The van der Waals surface area contributed by atoms with Crippen LogP contribution in [0.3, 0.4) is 0 Å². The molecule has 0 spiro atoms. The van der Waals surface area contributed by atoms with Gasteiger partial charge in [0.05, 0.1) is 11.7 Å². The summed E-state index contributed by atoms with van der Waals surface area (Å²) in [5.41, 5.74) is 4.38. The number of hydroxylamine groups is 1. The van der Waals surface area contributed by atoms with E-state index in [1.807, 2.05) is 25.1 Å². The molecule has 0 bridgehead atoms. The number of carbonyl (C=O) groups is 1. The highest BCUT2D eigenvalue weighted by atomic mass is 16.7. The zero-order chi connectivity index (χ0) is 15.1. The van der Waals surface area contributed by atoms with Crippen molar-refractivity contribution in [2.24, 2.45) is 0 Å². The molecule has 1 saturated heterocycles. The number of nitrogens with zero attached hydrogens (tertiary/aromatic N) is 1. The second kappa shape index (κ2) is 5.32. The molecule has 0 radical (unpaired) electrons. The highest BCUT2D eigenvalue weighted by molar-refractivity contribution is 5.93. The standard InChI is InChI=1S/C17H20N2O3/c1-11-15(17(20)22-18-11)16-19(12-7-3-2-4-8-12)13-9-5-6-10-14(13)21-16/h5-6,9-12,18H,2-4,7-8H2,1H3/b16-15+. The van der Waals surface area contributed by atoms with Crippen LogP contribution in [0.5, 0.6) is 5.75 Å². The molecule has 5 heteroatoms. The molecule has 1 aliphatic carbocycles. The Bertz CT molecular complexity index is 635. The molecule has 0 amide bonds. The van der Waals surface area contributed by atoms with Gasteiger partial charge in [0, 0.05) is 6.04 Å². The largest absolute Gasteiger partial charge is 0.438 e. The Morgan fingerprint density at radius 2 is 1.95 bits per heavy atom. The van der Waals surface area contributed by atoms with Gasteiger partial charge < -0.3 is 14.5 Å². The van der Waals surface area contributed by atoms with Crippen molar-refractivity contribution in [2.75, 3.05) is 4.90 Å². The molecule has 1 unspecified atom stereocenters. The van der Waals surface area contributed by atoms with Crippen molar-refractivity contribution in [3.8, 4) is 5.75 Å². The number of anilines is 1. The third-order valence-electron chi connectivity index (χ3n) is 4.70. The second-order valence-corrected chi connectivity index (χ2v) is 6.18. The molecule has 2 heterocycles. The zero-order valence-electron chi connectivity index (χ0n) is 12.7. The van der Waals surface area contributed by atoms with E-state index in [1.54, 1.807) is 0 Å². The van der Waals surface area contributed by atoms with Gasteiger partial charge in [-0.1, -0.05) is 31.4 Å². The van der Waals surface area contributed by atoms with Crippen LogP contribution in [-0.2, 0) is 9.63 Å². The molecule has 2 fully saturated rings. The molecule has 0 aromatic heterocycles. The molecule has 22 heavy (non-hydrogen) atoms. The zero-order valence-corrected chi connectivity index (χ0v) is 12.7. The fourth-order valence-corrected chi connectivity index (χ4v) is 3.60. The van der Waals surface area contributed by atoms with Crippen LogP contribution in [0.15, 0.2) is 35.7 Å². The van der Waals surface area contributed by atoms with E-state index in [4.69, 9.17) is 9.57 Å². The van der Waals surface area contributed by atoms with Gasteiger partial charge in [0.15, 0.2) is 5.75 Å². The summed E-state index contributed by atoms with van der Waals surface area (Å²) in [6, 6.07) is 8.22. The summed E-state index contributed by atoms with van der Waals surface area (Å²) in [4.78, 5) is 19.3. The van der Waals surface area contributed by atoms with Gasteiger partial charge in [-0.2, -0.15) is 0 Å². The minimum Gasteiger partial charge on any atom is -0.438 e. The van der Waals surface area contributed by atoms with Gasteiger partial charge in [0.2, 0.25) is 5.88 Å². The number of para-hydroxylation sites is 2. The number of benzene rings is 1. The molecule has 5 nitrogen and oxygen atoms in total. The lowest BCUT2D eigenvalue weighted by Crippen LogP contribution is -2.37. The van der Waals surface area contributed by atoms with E-state index in [9.17, 15) is 4.79 Å². The van der Waals surface area contributed by atoms with Crippen LogP contribution in [0.1, 0.15) is 39.0 Å². The molecule has 1 N–H and O–H groups in total. The predicted molar refractivity (Wildman–Crippen MR) is 82.1 cm³/mol. The number of hydrogen-bond donors (Lipinski definition) is 1. The van der Waals surface area contributed by atoms with Crippen LogP contribution >= 0.6 is 0 Å². The van der Waals surface area contributed by atoms with Gasteiger partial charge in [0.1, 0.15) is 5.57 Å². The topological polar surface area (TPSA) is 50.8 Å². The van der Waals surface area contributed by atoms with Crippen molar-refractivity contribution in [2.45, 2.75) is 51.1 Å². The number of ether oxygens (including phenoxy) is 1. The normalized spacial score (nSPS) is 28.5. The van der Waals surface area contributed by atoms with E-state index in [2.05, 4.69) is 16.4 Å². The minimum absolute atomic E-state index is 0.164. The lowest BCUT2D eigenvalue weighted by Gasteiger charge is -2.32. The Morgan fingerprint density at radius 3 is 2.68 bits per heavy atom. The Balaban J connectivity index is 1.81. The van der Waals surface area contributed by atoms with Crippen molar-refractivity contribution < 1.29 is 14.4 Å². The summed E-state index contributed by atoms with van der Waals surface area (Å²) >= 11 is 0. The molecule has 1 atom stereocenters. The van der Waals surface area contributed by atoms with Gasteiger partial charge in [-0.3, -0.25) is 0 Å². The number of carbonyl (C=O) groups excluding carboxylic acids is 1. The first-order valence-corrected chi connectivity index (χ1v) is 8.02. The van der Waals surface area contributed by atoms with Crippen LogP contribution in [0.25, 0.3) is 0 Å². The molecule has 116 valence electrons.